The summed E-state index contributed by atoms with van der Waals surface area (Å²) in [6, 6.07) is 1.56. The molecule has 2 rings (SSSR count). The summed E-state index contributed by atoms with van der Waals surface area (Å²) in [5, 5.41) is 11.1. The average Bonchev–Trinajstić information content (AvgIpc) is 2.32. The molecule has 17 heavy (non-hydrogen) atoms. The lowest BCUT2D eigenvalue weighted by atomic mass is 10.2. The van der Waals surface area contributed by atoms with Gasteiger partial charge in [-0.2, -0.15) is 0 Å². The van der Waals surface area contributed by atoms with Crippen LogP contribution >= 0.6 is 15.9 Å². The van der Waals surface area contributed by atoms with E-state index in [1.54, 1.807) is 12.3 Å². The zero-order chi connectivity index (χ0) is 12.3. The Morgan fingerprint density at radius 3 is 2.76 bits per heavy atom. The van der Waals surface area contributed by atoms with Gasteiger partial charge in [0.15, 0.2) is 5.82 Å². The molecule has 2 N–H and O–H groups in total. The van der Waals surface area contributed by atoms with E-state index in [1.807, 2.05) is 5.01 Å². The second-order valence-corrected chi connectivity index (χ2v) is 4.93. The van der Waals surface area contributed by atoms with Crippen molar-refractivity contribution in [1.82, 2.24) is 9.99 Å². The number of carbonyl (C=O) groups is 1. The van der Waals surface area contributed by atoms with Crippen LogP contribution in [-0.4, -0.2) is 34.2 Å². The van der Waals surface area contributed by atoms with Crippen molar-refractivity contribution in [2.45, 2.75) is 19.3 Å². The fourth-order valence-electron chi connectivity index (χ4n) is 1.85. The van der Waals surface area contributed by atoms with Gasteiger partial charge in [0.25, 0.3) is 0 Å². The van der Waals surface area contributed by atoms with Gasteiger partial charge in [-0.05, 0) is 34.8 Å². The molecule has 5 nitrogen and oxygen atoms in total. The molecule has 0 atom stereocenters. The van der Waals surface area contributed by atoms with Crippen LogP contribution in [0, 0.1) is 0 Å². The molecule has 0 unspecified atom stereocenters. The van der Waals surface area contributed by atoms with E-state index in [9.17, 15) is 4.79 Å². The number of carboxylic acids is 1. The fraction of sp³-hybridized carbons (Fsp3) is 0.455. The highest BCUT2D eigenvalue weighted by Gasteiger charge is 2.16. The zero-order valence-electron chi connectivity index (χ0n) is 9.32. The van der Waals surface area contributed by atoms with Crippen LogP contribution in [0.25, 0.3) is 0 Å². The predicted octanol–water partition coefficient (Wildman–Crippen LogP) is 2.36. The molecule has 0 saturated carbocycles. The van der Waals surface area contributed by atoms with Crippen molar-refractivity contribution in [3.63, 3.8) is 0 Å². The summed E-state index contributed by atoms with van der Waals surface area (Å²) < 4.78 is 0.666. The minimum atomic E-state index is -0.974. The SMILES string of the molecule is O=C(O)c1cc(Br)cnc1NN1CCCCC1. The van der Waals surface area contributed by atoms with Crippen molar-refractivity contribution in [3.8, 4) is 0 Å². The third-order valence-corrected chi connectivity index (χ3v) is 3.14. The van der Waals surface area contributed by atoms with Crippen LogP contribution in [-0.2, 0) is 0 Å². The minimum absolute atomic E-state index is 0.185. The third-order valence-electron chi connectivity index (χ3n) is 2.70. The molecule has 0 aliphatic carbocycles. The molecule has 1 fully saturated rings. The Morgan fingerprint density at radius 1 is 1.41 bits per heavy atom. The van der Waals surface area contributed by atoms with E-state index in [1.165, 1.54) is 6.42 Å². The van der Waals surface area contributed by atoms with Crippen LogP contribution in [0.15, 0.2) is 16.7 Å². The summed E-state index contributed by atoms with van der Waals surface area (Å²) >= 11 is 3.22. The molecule has 1 aromatic heterocycles. The Labute approximate surface area is 108 Å². The number of hydrogen-bond donors (Lipinski definition) is 2. The summed E-state index contributed by atoms with van der Waals surface area (Å²) in [4.78, 5) is 15.2. The summed E-state index contributed by atoms with van der Waals surface area (Å²) in [6.07, 6.45) is 5.09. The Kier molecular flexibility index (Phi) is 3.96. The van der Waals surface area contributed by atoms with E-state index in [2.05, 4.69) is 26.3 Å². The van der Waals surface area contributed by atoms with E-state index < -0.39 is 5.97 Å². The largest absolute Gasteiger partial charge is 0.478 e. The first-order valence-corrected chi connectivity index (χ1v) is 6.36. The van der Waals surface area contributed by atoms with Crippen molar-refractivity contribution in [2.75, 3.05) is 18.5 Å². The highest BCUT2D eigenvalue weighted by molar-refractivity contribution is 9.10. The molecular weight excluding hydrogens is 286 g/mol. The van der Waals surface area contributed by atoms with Gasteiger partial charge in [0.2, 0.25) is 0 Å². The third kappa shape index (κ3) is 3.17. The topological polar surface area (TPSA) is 65.5 Å². The van der Waals surface area contributed by atoms with Crippen LogP contribution in [0.4, 0.5) is 5.82 Å². The number of carboxylic acid groups (broad SMARTS) is 1. The predicted molar refractivity (Wildman–Crippen MR) is 67.9 cm³/mol. The number of nitrogens with one attached hydrogen (secondary N) is 1. The molecule has 1 saturated heterocycles. The normalized spacial score (nSPS) is 16.8. The number of anilines is 1. The maximum atomic E-state index is 11.1. The van der Waals surface area contributed by atoms with E-state index in [0.717, 1.165) is 25.9 Å². The number of pyridine rings is 1. The quantitative estimate of drug-likeness (QED) is 0.897. The number of halogens is 1. The number of rotatable bonds is 3. The summed E-state index contributed by atoms with van der Waals surface area (Å²) in [5.41, 5.74) is 3.26. The smallest absolute Gasteiger partial charge is 0.339 e. The second-order valence-electron chi connectivity index (χ2n) is 4.01. The number of hydrogen-bond acceptors (Lipinski definition) is 4. The van der Waals surface area contributed by atoms with Crippen molar-refractivity contribution >= 4 is 27.7 Å². The highest BCUT2D eigenvalue weighted by atomic mass is 79.9. The molecule has 6 heteroatoms. The maximum Gasteiger partial charge on any atom is 0.339 e. The summed E-state index contributed by atoms with van der Waals surface area (Å²) in [7, 11) is 0. The van der Waals surface area contributed by atoms with Gasteiger partial charge >= 0.3 is 5.97 Å². The van der Waals surface area contributed by atoms with Crippen LogP contribution in [0.2, 0.25) is 0 Å². The van der Waals surface area contributed by atoms with Gasteiger partial charge in [0.1, 0.15) is 5.56 Å². The Hall–Kier alpha value is -1.14. The number of piperidine rings is 1. The maximum absolute atomic E-state index is 11.1. The second kappa shape index (κ2) is 5.46. The van der Waals surface area contributed by atoms with Gasteiger partial charge in [0.05, 0.1) is 0 Å². The summed E-state index contributed by atoms with van der Waals surface area (Å²) in [6.45, 7) is 1.85. The van der Waals surface area contributed by atoms with Gasteiger partial charge in [-0.15, -0.1) is 0 Å². The Morgan fingerprint density at radius 2 is 2.12 bits per heavy atom. The number of aromatic nitrogens is 1. The average molecular weight is 300 g/mol. The molecule has 0 bridgehead atoms. The fourth-order valence-corrected chi connectivity index (χ4v) is 2.18. The Bertz CT molecular complexity index is 419. The Balaban J connectivity index is 2.16. The van der Waals surface area contributed by atoms with Crippen molar-refractivity contribution in [3.05, 3.63) is 22.3 Å². The lowest BCUT2D eigenvalue weighted by molar-refractivity contribution is 0.0697. The number of hydrazine groups is 1. The van der Waals surface area contributed by atoms with E-state index >= 15 is 0 Å². The number of nitrogens with zero attached hydrogens (tertiary/aromatic N) is 2. The van der Waals surface area contributed by atoms with Crippen LogP contribution in [0.1, 0.15) is 29.6 Å². The number of aromatic carboxylic acids is 1. The molecule has 0 aromatic carbocycles. The van der Waals surface area contributed by atoms with Gasteiger partial charge < -0.3 is 10.5 Å². The van der Waals surface area contributed by atoms with Crippen LogP contribution in [0.5, 0.6) is 0 Å². The van der Waals surface area contributed by atoms with E-state index in [-0.39, 0.29) is 5.56 Å². The van der Waals surface area contributed by atoms with Crippen molar-refractivity contribution in [1.29, 1.82) is 0 Å². The molecule has 1 aliphatic heterocycles. The molecule has 1 aromatic rings. The lowest BCUT2D eigenvalue weighted by Gasteiger charge is -2.27. The first-order valence-electron chi connectivity index (χ1n) is 5.57. The first-order chi connectivity index (χ1) is 8.16. The van der Waals surface area contributed by atoms with Crippen molar-refractivity contribution in [2.24, 2.45) is 0 Å². The van der Waals surface area contributed by atoms with Gasteiger partial charge in [-0.3, -0.25) is 0 Å². The molecule has 0 spiro atoms. The summed E-state index contributed by atoms with van der Waals surface area (Å²) in [5.74, 6) is -0.569. The van der Waals surface area contributed by atoms with Gasteiger partial charge in [-0.1, -0.05) is 6.42 Å². The van der Waals surface area contributed by atoms with E-state index in [0.29, 0.717) is 10.3 Å². The lowest BCUT2D eigenvalue weighted by Crippen LogP contribution is -2.35. The minimum Gasteiger partial charge on any atom is -0.478 e. The first kappa shape index (κ1) is 12.3. The molecule has 0 radical (unpaired) electrons. The monoisotopic (exact) mass is 299 g/mol. The standard InChI is InChI=1S/C11H14BrN3O2/c12-8-6-9(11(16)17)10(13-7-8)14-15-4-2-1-3-5-15/h6-7H,1-5H2,(H,13,14)(H,16,17). The van der Waals surface area contributed by atoms with Crippen molar-refractivity contribution < 1.29 is 9.90 Å². The molecule has 92 valence electrons. The molecule has 0 amide bonds. The molecular formula is C11H14BrN3O2. The molecule has 2 heterocycles. The highest BCUT2D eigenvalue weighted by Crippen LogP contribution is 2.19. The van der Waals surface area contributed by atoms with Gasteiger partial charge in [0, 0.05) is 23.8 Å². The van der Waals surface area contributed by atoms with Crippen LogP contribution < -0.4 is 5.43 Å². The zero-order valence-corrected chi connectivity index (χ0v) is 10.9. The molecule has 1 aliphatic rings. The van der Waals surface area contributed by atoms with Crippen LogP contribution in [0.3, 0.4) is 0 Å². The van der Waals surface area contributed by atoms with E-state index in [4.69, 9.17) is 5.11 Å². The van der Waals surface area contributed by atoms with Gasteiger partial charge in [-0.25, -0.2) is 14.8 Å².